The molecule has 1 fully saturated rings. The zero-order valence-electron chi connectivity index (χ0n) is 16.7. The van der Waals surface area contributed by atoms with E-state index in [9.17, 15) is 18.0 Å². The zero-order valence-corrected chi connectivity index (χ0v) is 18.3. The van der Waals surface area contributed by atoms with Crippen molar-refractivity contribution in [2.75, 3.05) is 11.6 Å². The number of fused-ring (bicyclic) bond motifs is 1. The summed E-state index contributed by atoms with van der Waals surface area (Å²) < 4.78 is 24.5. The van der Waals surface area contributed by atoms with Gasteiger partial charge >= 0.3 is 12.0 Å². The number of carbonyl (C=O) groups excluding carboxylic acids is 1. The van der Waals surface area contributed by atoms with Gasteiger partial charge in [0.25, 0.3) is 0 Å². The van der Waals surface area contributed by atoms with Gasteiger partial charge in [-0.15, -0.1) is 0 Å². The normalized spacial score (nSPS) is 18.7. The first-order valence-corrected chi connectivity index (χ1v) is 12.4. The number of sulfone groups is 1. The fraction of sp³-hybridized carbons (Fsp3) is 0.286. The number of carboxylic acid groups (broad SMARTS) is 1. The summed E-state index contributed by atoms with van der Waals surface area (Å²) in [6.45, 7) is 0. The molecule has 0 bridgehead atoms. The Morgan fingerprint density at radius 1 is 1.13 bits per heavy atom. The molecule has 1 aliphatic rings. The molecule has 31 heavy (non-hydrogen) atoms. The molecule has 0 radical (unpaired) electrons. The zero-order chi connectivity index (χ0) is 22.2. The second kappa shape index (κ2) is 8.27. The minimum absolute atomic E-state index is 0.163. The monoisotopic (exact) mass is 459 g/mol. The number of urea groups is 1. The van der Waals surface area contributed by atoms with Crippen LogP contribution in [0.1, 0.15) is 19.3 Å². The van der Waals surface area contributed by atoms with Crippen LogP contribution in [0, 0.1) is 5.92 Å². The van der Waals surface area contributed by atoms with Gasteiger partial charge in [-0.25, -0.2) is 18.2 Å². The highest BCUT2D eigenvalue weighted by atomic mass is 32.2. The molecule has 2 atom stereocenters. The standard InChI is InChI=1S/C21H21N3O5S2/c1-31(28,29)16-4-2-3-12(10-16)13-6-8-17-18(11-13)30-21(23-17)24-20(27)22-15-7-5-14(9-15)19(25)26/h2-4,6,8,10-11,14-15H,5,7,9H2,1H3,(H,25,26)(H2,22,23,24,27). The van der Waals surface area contributed by atoms with Crippen molar-refractivity contribution < 1.29 is 23.1 Å². The molecule has 10 heteroatoms. The van der Waals surface area contributed by atoms with Crippen LogP contribution in [0.5, 0.6) is 0 Å². The number of hydrogen-bond acceptors (Lipinski definition) is 6. The lowest BCUT2D eigenvalue weighted by Gasteiger charge is -2.12. The molecule has 162 valence electrons. The molecule has 2 unspecified atom stereocenters. The molecule has 0 aliphatic heterocycles. The molecular weight excluding hydrogens is 438 g/mol. The van der Waals surface area contributed by atoms with Gasteiger partial charge in [-0.2, -0.15) is 0 Å². The van der Waals surface area contributed by atoms with Crippen molar-refractivity contribution in [1.82, 2.24) is 10.3 Å². The third-order valence-electron chi connectivity index (χ3n) is 5.32. The Kier molecular flexibility index (Phi) is 5.67. The van der Waals surface area contributed by atoms with Crippen molar-refractivity contribution >= 4 is 48.5 Å². The molecule has 1 aliphatic carbocycles. The maximum Gasteiger partial charge on any atom is 0.321 e. The van der Waals surface area contributed by atoms with Crippen LogP contribution < -0.4 is 10.6 Å². The molecule has 0 spiro atoms. The Morgan fingerprint density at radius 3 is 2.61 bits per heavy atom. The number of benzene rings is 2. The van der Waals surface area contributed by atoms with E-state index in [2.05, 4.69) is 15.6 Å². The minimum Gasteiger partial charge on any atom is -0.481 e. The first-order chi connectivity index (χ1) is 14.7. The number of carboxylic acids is 1. The highest BCUT2D eigenvalue weighted by Crippen LogP contribution is 2.31. The summed E-state index contributed by atoms with van der Waals surface area (Å²) in [6, 6.07) is 11.8. The molecule has 1 saturated carbocycles. The van der Waals surface area contributed by atoms with E-state index in [0.717, 1.165) is 21.3 Å². The summed E-state index contributed by atoms with van der Waals surface area (Å²) in [4.78, 5) is 28.0. The lowest BCUT2D eigenvalue weighted by atomic mass is 10.1. The number of amides is 2. The molecule has 3 N–H and O–H groups in total. The van der Waals surface area contributed by atoms with Crippen molar-refractivity contribution in [2.24, 2.45) is 5.92 Å². The summed E-state index contributed by atoms with van der Waals surface area (Å²) in [7, 11) is -3.30. The number of aliphatic carboxylic acids is 1. The van der Waals surface area contributed by atoms with E-state index in [0.29, 0.717) is 24.4 Å². The summed E-state index contributed by atoms with van der Waals surface area (Å²) in [5, 5.41) is 15.0. The van der Waals surface area contributed by atoms with E-state index in [1.165, 1.54) is 17.6 Å². The van der Waals surface area contributed by atoms with Gasteiger partial charge in [0.2, 0.25) is 0 Å². The summed E-state index contributed by atoms with van der Waals surface area (Å²) >= 11 is 1.31. The number of thiazole rings is 1. The first-order valence-electron chi connectivity index (χ1n) is 9.70. The van der Waals surface area contributed by atoms with Crippen molar-refractivity contribution in [3.63, 3.8) is 0 Å². The number of carbonyl (C=O) groups is 2. The topological polar surface area (TPSA) is 125 Å². The number of rotatable bonds is 5. The number of hydrogen-bond donors (Lipinski definition) is 3. The van der Waals surface area contributed by atoms with Crippen molar-refractivity contribution in [3.05, 3.63) is 42.5 Å². The molecule has 4 rings (SSSR count). The number of aromatic nitrogens is 1. The Morgan fingerprint density at radius 2 is 1.90 bits per heavy atom. The molecule has 1 aromatic heterocycles. The SMILES string of the molecule is CS(=O)(=O)c1cccc(-c2ccc3nc(NC(=O)NC4CCC(C(=O)O)C4)sc3c2)c1. The third kappa shape index (κ3) is 4.86. The molecule has 2 amide bonds. The van der Waals surface area contributed by atoms with E-state index in [1.807, 2.05) is 24.3 Å². The average molecular weight is 460 g/mol. The van der Waals surface area contributed by atoms with Crippen LogP contribution in [0.15, 0.2) is 47.4 Å². The van der Waals surface area contributed by atoms with Gasteiger partial charge in [0.15, 0.2) is 15.0 Å². The molecule has 3 aromatic rings. The number of nitrogens with one attached hydrogen (secondary N) is 2. The van der Waals surface area contributed by atoms with E-state index >= 15 is 0 Å². The minimum atomic E-state index is -3.30. The van der Waals surface area contributed by atoms with Crippen LogP contribution in [-0.2, 0) is 14.6 Å². The van der Waals surface area contributed by atoms with Crippen LogP contribution in [0.25, 0.3) is 21.3 Å². The Labute approximate surface area is 183 Å². The maximum absolute atomic E-state index is 12.3. The fourth-order valence-electron chi connectivity index (χ4n) is 3.72. The van der Waals surface area contributed by atoms with Crippen LogP contribution in [0.3, 0.4) is 0 Å². The van der Waals surface area contributed by atoms with E-state index < -0.39 is 27.8 Å². The average Bonchev–Trinajstić information content (AvgIpc) is 3.33. The largest absolute Gasteiger partial charge is 0.481 e. The van der Waals surface area contributed by atoms with Crippen LogP contribution >= 0.6 is 11.3 Å². The Bertz CT molecular complexity index is 1270. The van der Waals surface area contributed by atoms with Gasteiger partial charge in [-0.1, -0.05) is 29.5 Å². The lowest BCUT2D eigenvalue weighted by Crippen LogP contribution is -2.36. The van der Waals surface area contributed by atoms with Gasteiger partial charge in [-0.05, 0) is 54.7 Å². The first kappa shape index (κ1) is 21.3. The highest BCUT2D eigenvalue weighted by molar-refractivity contribution is 7.90. The number of nitrogens with zero attached hydrogens (tertiary/aromatic N) is 1. The van der Waals surface area contributed by atoms with Crippen LogP contribution in [0.2, 0.25) is 0 Å². The van der Waals surface area contributed by atoms with Gasteiger partial charge < -0.3 is 10.4 Å². The van der Waals surface area contributed by atoms with E-state index in [-0.39, 0.29) is 10.9 Å². The predicted molar refractivity (Wildman–Crippen MR) is 119 cm³/mol. The summed E-state index contributed by atoms with van der Waals surface area (Å²) in [5.41, 5.74) is 2.35. The molecule has 8 nitrogen and oxygen atoms in total. The summed E-state index contributed by atoms with van der Waals surface area (Å²) in [5.74, 6) is -1.24. The van der Waals surface area contributed by atoms with Crippen LogP contribution in [-0.4, -0.2) is 42.8 Å². The van der Waals surface area contributed by atoms with Crippen molar-refractivity contribution in [3.8, 4) is 11.1 Å². The van der Waals surface area contributed by atoms with Crippen molar-refractivity contribution in [2.45, 2.75) is 30.2 Å². The molecule has 2 aromatic carbocycles. The van der Waals surface area contributed by atoms with Crippen LogP contribution in [0.4, 0.5) is 9.93 Å². The molecule has 0 saturated heterocycles. The lowest BCUT2D eigenvalue weighted by molar-refractivity contribution is -0.141. The van der Waals surface area contributed by atoms with Gasteiger partial charge in [0, 0.05) is 12.3 Å². The van der Waals surface area contributed by atoms with E-state index in [1.54, 1.807) is 18.2 Å². The van der Waals surface area contributed by atoms with Gasteiger partial charge in [0.1, 0.15) is 0 Å². The van der Waals surface area contributed by atoms with E-state index in [4.69, 9.17) is 5.11 Å². The van der Waals surface area contributed by atoms with Crippen molar-refractivity contribution in [1.29, 1.82) is 0 Å². The fourth-order valence-corrected chi connectivity index (χ4v) is 5.29. The highest BCUT2D eigenvalue weighted by Gasteiger charge is 2.30. The van der Waals surface area contributed by atoms with Gasteiger partial charge in [-0.3, -0.25) is 10.1 Å². The Hall–Kier alpha value is -2.98. The summed E-state index contributed by atoms with van der Waals surface area (Å²) in [6.07, 6.45) is 2.80. The Balaban J connectivity index is 1.48. The third-order valence-corrected chi connectivity index (χ3v) is 7.37. The molecular formula is C21H21N3O5S2. The maximum atomic E-state index is 12.3. The van der Waals surface area contributed by atoms with Gasteiger partial charge in [0.05, 0.1) is 21.0 Å². The molecule has 1 heterocycles. The second-order valence-corrected chi connectivity index (χ2v) is 10.7. The number of anilines is 1. The second-order valence-electron chi connectivity index (χ2n) is 7.65. The predicted octanol–water partition coefficient (Wildman–Crippen LogP) is 3.74. The smallest absolute Gasteiger partial charge is 0.321 e. The quantitative estimate of drug-likeness (QED) is 0.534.